The highest BCUT2D eigenvalue weighted by Gasteiger charge is 1.94. The number of unbranched alkanes of at least 4 members (excludes halogenated alkanes) is 3. The minimum atomic E-state index is 0.896. The van der Waals surface area contributed by atoms with Crippen LogP contribution < -0.4 is 0 Å². The van der Waals surface area contributed by atoms with Crippen molar-refractivity contribution in [2.24, 2.45) is 0 Å². The summed E-state index contributed by atoms with van der Waals surface area (Å²) in [4.78, 5) is 4.39. The first-order chi connectivity index (χ1) is 9.63. The van der Waals surface area contributed by atoms with E-state index in [2.05, 4.69) is 38.0 Å². The smallest absolute Gasteiger partial charge is 0.0478 e. The Morgan fingerprint density at radius 1 is 0.500 bits per heavy atom. The van der Waals surface area contributed by atoms with Crippen molar-refractivity contribution in [1.29, 1.82) is 0 Å². The zero-order valence-electron chi connectivity index (χ0n) is 14.2. The third-order valence-corrected chi connectivity index (χ3v) is 3.12. The van der Waals surface area contributed by atoms with Crippen LogP contribution in [-0.4, -0.2) is 77.5 Å². The van der Waals surface area contributed by atoms with Gasteiger partial charge in [0.15, 0.2) is 0 Å². The van der Waals surface area contributed by atoms with Crippen molar-refractivity contribution in [3.05, 3.63) is 0 Å². The quantitative estimate of drug-likeness (QED) is 0.432. The van der Waals surface area contributed by atoms with Crippen molar-refractivity contribution in [3.63, 3.8) is 0 Å². The van der Waals surface area contributed by atoms with Crippen LogP contribution in [0.5, 0.6) is 0 Å². The highest BCUT2D eigenvalue weighted by Crippen LogP contribution is 2.01. The van der Waals surface area contributed by atoms with Gasteiger partial charge in [0.1, 0.15) is 0 Å². The molecule has 0 N–H and O–H groups in total. The zero-order valence-corrected chi connectivity index (χ0v) is 14.2. The maximum Gasteiger partial charge on any atom is 0.0478 e. The van der Waals surface area contributed by atoms with E-state index in [1.54, 1.807) is 0 Å². The highest BCUT2D eigenvalue weighted by molar-refractivity contribution is 4.46. The van der Waals surface area contributed by atoms with Crippen LogP contribution in [-0.2, 0) is 9.47 Å². The van der Waals surface area contributed by atoms with Crippen LogP contribution >= 0.6 is 0 Å². The Kier molecular flexibility index (Phi) is 15.1. The normalized spacial score (nSPS) is 11.7. The van der Waals surface area contributed by atoms with Gasteiger partial charge in [0.05, 0.1) is 0 Å². The fourth-order valence-corrected chi connectivity index (χ4v) is 1.93. The molecular weight excluding hydrogens is 252 g/mol. The van der Waals surface area contributed by atoms with Gasteiger partial charge in [-0.1, -0.05) is 12.8 Å². The summed E-state index contributed by atoms with van der Waals surface area (Å²) in [6.45, 7) is 5.85. The van der Waals surface area contributed by atoms with Crippen LogP contribution in [0.3, 0.4) is 0 Å². The molecule has 4 nitrogen and oxygen atoms in total. The molecule has 0 atom stereocenters. The van der Waals surface area contributed by atoms with Crippen LogP contribution in [0.2, 0.25) is 0 Å². The van der Waals surface area contributed by atoms with E-state index in [-0.39, 0.29) is 0 Å². The maximum atomic E-state index is 5.60. The van der Waals surface area contributed by atoms with E-state index in [1.165, 1.54) is 25.7 Å². The Morgan fingerprint density at radius 3 is 1.20 bits per heavy atom. The molecule has 0 aliphatic rings. The van der Waals surface area contributed by atoms with Crippen LogP contribution in [0.25, 0.3) is 0 Å². The van der Waals surface area contributed by atoms with Crippen molar-refractivity contribution < 1.29 is 9.47 Å². The molecule has 0 aromatic rings. The van der Waals surface area contributed by atoms with Gasteiger partial charge in [0.25, 0.3) is 0 Å². The Hall–Kier alpha value is -0.160. The predicted octanol–water partition coefficient (Wildman–Crippen LogP) is 2.48. The monoisotopic (exact) mass is 288 g/mol. The molecule has 0 saturated carbocycles. The second-order valence-electron chi connectivity index (χ2n) is 5.95. The molecule has 0 fully saturated rings. The maximum absolute atomic E-state index is 5.60. The number of nitrogens with zero attached hydrogens (tertiary/aromatic N) is 2. The van der Waals surface area contributed by atoms with E-state index in [0.29, 0.717) is 0 Å². The molecule has 0 bridgehead atoms. The molecule has 0 spiro atoms. The van der Waals surface area contributed by atoms with Gasteiger partial charge in [-0.3, -0.25) is 0 Å². The van der Waals surface area contributed by atoms with Gasteiger partial charge < -0.3 is 19.3 Å². The molecule has 0 radical (unpaired) electrons. The van der Waals surface area contributed by atoms with Gasteiger partial charge in [0.2, 0.25) is 0 Å². The van der Waals surface area contributed by atoms with Crippen molar-refractivity contribution >= 4 is 0 Å². The van der Waals surface area contributed by atoms with E-state index in [9.17, 15) is 0 Å². The molecule has 0 aliphatic carbocycles. The Morgan fingerprint density at radius 2 is 0.850 bits per heavy atom. The zero-order chi connectivity index (χ0) is 15.1. The first-order valence-corrected chi connectivity index (χ1v) is 8.08. The summed E-state index contributed by atoms with van der Waals surface area (Å²) >= 11 is 0. The lowest BCUT2D eigenvalue weighted by Gasteiger charge is -2.10. The van der Waals surface area contributed by atoms with Crippen molar-refractivity contribution in [1.82, 2.24) is 9.80 Å². The Bertz CT molecular complexity index is 167. The van der Waals surface area contributed by atoms with Gasteiger partial charge in [-0.2, -0.15) is 0 Å². The van der Waals surface area contributed by atoms with Crippen molar-refractivity contribution in [2.45, 2.75) is 38.5 Å². The lowest BCUT2D eigenvalue weighted by atomic mass is 10.2. The molecule has 0 aromatic carbocycles. The highest BCUT2D eigenvalue weighted by atomic mass is 16.5. The molecule has 0 saturated heterocycles. The van der Waals surface area contributed by atoms with Crippen LogP contribution in [0.15, 0.2) is 0 Å². The molecule has 0 amide bonds. The third-order valence-electron chi connectivity index (χ3n) is 3.12. The van der Waals surface area contributed by atoms with Crippen molar-refractivity contribution in [3.8, 4) is 0 Å². The molecule has 0 aromatic heterocycles. The van der Waals surface area contributed by atoms with E-state index in [4.69, 9.17) is 9.47 Å². The molecular formula is C16H36N2O2. The SMILES string of the molecule is CN(C)CCCOCCCCCCOCCCN(C)C. The number of ether oxygens (including phenoxy) is 2. The molecule has 0 aliphatic heterocycles. The minimum Gasteiger partial charge on any atom is -0.381 e. The average Bonchev–Trinajstić information content (AvgIpc) is 2.38. The van der Waals surface area contributed by atoms with Crippen molar-refractivity contribution in [2.75, 3.05) is 67.7 Å². The van der Waals surface area contributed by atoms with E-state index >= 15 is 0 Å². The van der Waals surface area contributed by atoms with Gasteiger partial charge in [-0.25, -0.2) is 0 Å². The topological polar surface area (TPSA) is 24.9 Å². The summed E-state index contributed by atoms with van der Waals surface area (Å²) < 4.78 is 11.2. The molecule has 0 heterocycles. The minimum absolute atomic E-state index is 0.896. The number of hydrogen-bond donors (Lipinski definition) is 0. The molecule has 122 valence electrons. The fourth-order valence-electron chi connectivity index (χ4n) is 1.93. The second-order valence-corrected chi connectivity index (χ2v) is 5.95. The van der Waals surface area contributed by atoms with Gasteiger partial charge >= 0.3 is 0 Å². The van der Waals surface area contributed by atoms with Crippen LogP contribution in [0, 0.1) is 0 Å². The molecule has 20 heavy (non-hydrogen) atoms. The lowest BCUT2D eigenvalue weighted by molar-refractivity contribution is 0.114. The molecule has 0 unspecified atom stereocenters. The van der Waals surface area contributed by atoms with Gasteiger partial charge in [0, 0.05) is 26.4 Å². The first-order valence-electron chi connectivity index (χ1n) is 8.08. The van der Waals surface area contributed by atoms with Gasteiger partial charge in [-0.15, -0.1) is 0 Å². The fraction of sp³-hybridized carbons (Fsp3) is 1.00. The lowest BCUT2D eigenvalue weighted by Crippen LogP contribution is -2.15. The van der Waals surface area contributed by atoms with E-state index < -0.39 is 0 Å². The average molecular weight is 288 g/mol. The number of hydrogen-bond acceptors (Lipinski definition) is 4. The summed E-state index contributed by atoms with van der Waals surface area (Å²) in [6.07, 6.45) is 7.15. The first kappa shape index (κ1) is 19.8. The van der Waals surface area contributed by atoms with E-state index in [0.717, 1.165) is 52.4 Å². The summed E-state index contributed by atoms with van der Waals surface area (Å²) in [5.74, 6) is 0. The number of rotatable bonds is 15. The van der Waals surface area contributed by atoms with E-state index in [1.807, 2.05) is 0 Å². The molecule has 0 rings (SSSR count). The van der Waals surface area contributed by atoms with Gasteiger partial charge in [-0.05, 0) is 67.0 Å². The summed E-state index contributed by atoms with van der Waals surface area (Å²) in [5, 5.41) is 0. The summed E-state index contributed by atoms with van der Waals surface area (Å²) in [7, 11) is 8.40. The summed E-state index contributed by atoms with van der Waals surface area (Å²) in [6, 6.07) is 0. The van der Waals surface area contributed by atoms with Crippen LogP contribution in [0.1, 0.15) is 38.5 Å². The predicted molar refractivity (Wildman–Crippen MR) is 86.4 cm³/mol. The standard InChI is InChI=1S/C16H36N2O2/c1-17(2)11-9-15-19-13-7-5-6-8-14-20-16-10-12-18(3)4/h5-16H2,1-4H3. The second kappa shape index (κ2) is 15.2. The Balaban J connectivity index is 2.96. The summed E-state index contributed by atoms with van der Waals surface area (Å²) in [5.41, 5.74) is 0. The molecule has 4 heteroatoms. The van der Waals surface area contributed by atoms with Crippen LogP contribution in [0.4, 0.5) is 0 Å². The Labute approximate surface area is 126 Å². The third kappa shape index (κ3) is 17.8. The largest absolute Gasteiger partial charge is 0.381 e.